The third-order valence-electron chi connectivity index (χ3n) is 4.08. The molecular weight excluding hydrogens is 317 g/mol. The van der Waals surface area contributed by atoms with E-state index in [1.165, 1.54) is 11.3 Å². The number of amides is 1. The van der Waals surface area contributed by atoms with Crippen LogP contribution in [0, 0.1) is 0 Å². The molecule has 1 N–H and O–H groups in total. The fourth-order valence-electron chi connectivity index (χ4n) is 2.90. The summed E-state index contributed by atoms with van der Waals surface area (Å²) in [4.78, 5) is 27.6. The Hall–Kier alpha value is -2.09. The van der Waals surface area contributed by atoms with E-state index in [2.05, 4.69) is 20.3 Å². The molecule has 0 aromatic carbocycles. The van der Waals surface area contributed by atoms with Crippen molar-refractivity contribution in [2.45, 2.75) is 25.4 Å². The van der Waals surface area contributed by atoms with Gasteiger partial charge in [-0.05, 0) is 12.8 Å². The predicted octanol–water partition coefficient (Wildman–Crippen LogP) is 1.82. The third kappa shape index (κ3) is 2.78. The van der Waals surface area contributed by atoms with Crippen LogP contribution in [0.3, 0.4) is 0 Å². The van der Waals surface area contributed by atoms with E-state index < -0.39 is 6.17 Å². The molecule has 8 heteroatoms. The van der Waals surface area contributed by atoms with Crippen LogP contribution in [-0.4, -0.2) is 46.7 Å². The second-order valence-electron chi connectivity index (χ2n) is 5.76. The van der Waals surface area contributed by atoms with Crippen LogP contribution >= 0.6 is 11.3 Å². The first-order valence-corrected chi connectivity index (χ1v) is 8.51. The number of fused-ring (bicyclic) bond motifs is 1. The van der Waals surface area contributed by atoms with Crippen molar-refractivity contribution in [3.63, 3.8) is 0 Å². The van der Waals surface area contributed by atoms with Gasteiger partial charge in [-0.3, -0.25) is 4.79 Å². The highest BCUT2D eigenvalue weighted by molar-refractivity contribution is 7.17. The summed E-state index contributed by atoms with van der Waals surface area (Å²) in [7, 11) is 0. The second kappa shape index (κ2) is 5.84. The summed E-state index contributed by atoms with van der Waals surface area (Å²) in [5, 5.41) is 3.57. The standard InChI is InChI=1S/C15H16FN5OS/c16-10-2-1-5-21(8-10)15-18-6-9(7-19-15)14-20-11-3-4-17-13(22)12(11)23-14/h6-7,10H,1-5,8H2,(H,17,22)/t10-/m1/s1. The van der Waals surface area contributed by atoms with Crippen molar-refractivity contribution in [3.05, 3.63) is 23.0 Å². The summed E-state index contributed by atoms with van der Waals surface area (Å²) in [6.07, 6.45) is 4.78. The molecule has 1 amide bonds. The monoisotopic (exact) mass is 333 g/mol. The number of nitrogens with zero attached hydrogens (tertiary/aromatic N) is 4. The quantitative estimate of drug-likeness (QED) is 0.908. The molecule has 1 fully saturated rings. The molecule has 0 saturated carbocycles. The number of carbonyl (C=O) groups excluding carboxylic acids is 1. The number of thiazole rings is 1. The Morgan fingerprint density at radius 2 is 2.17 bits per heavy atom. The maximum Gasteiger partial charge on any atom is 0.263 e. The van der Waals surface area contributed by atoms with Gasteiger partial charge >= 0.3 is 0 Å². The molecule has 4 rings (SSSR count). The van der Waals surface area contributed by atoms with E-state index in [-0.39, 0.29) is 5.91 Å². The number of piperidine rings is 1. The normalized spacial score (nSPS) is 21.0. The molecule has 120 valence electrons. The average molecular weight is 333 g/mol. The van der Waals surface area contributed by atoms with Gasteiger partial charge < -0.3 is 10.2 Å². The second-order valence-corrected chi connectivity index (χ2v) is 6.76. The van der Waals surface area contributed by atoms with Crippen molar-refractivity contribution in [2.75, 3.05) is 24.5 Å². The molecule has 2 aliphatic heterocycles. The highest BCUT2D eigenvalue weighted by Gasteiger charge is 2.24. The average Bonchev–Trinajstić information content (AvgIpc) is 3.01. The maximum atomic E-state index is 13.5. The Morgan fingerprint density at radius 1 is 1.35 bits per heavy atom. The molecule has 0 bridgehead atoms. The highest BCUT2D eigenvalue weighted by atomic mass is 32.1. The molecule has 2 aromatic heterocycles. The molecule has 2 aromatic rings. The van der Waals surface area contributed by atoms with Crippen molar-refractivity contribution < 1.29 is 9.18 Å². The molecular formula is C15H16FN5OS. The van der Waals surface area contributed by atoms with Gasteiger partial charge in [0.1, 0.15) is 16.1 Å². The van der Waals surface area contributed by atoms with E-state index in [4.69, 9.17) is 0 Å². The Labute approximate surface area is 136 Å². The first-order chi connectivity index (χ1) is 11.2. The molecule has 0 unspecified atom stereocenters. The zero-order valence-corrected chi connectivity index (χ0v) is 13.3. The number of alkyl halides is 1. The van der Waals surface area contributed by atoms with Gasteiger partial charge in [0.2, 0.25) is 5.95 Å². The Balaban J connectivity index is 1.57. The first-order valence-electron chi connectivity index (χ1n) is 7.70. The third-order valence-corrected chi connectivity index (χ3v) is 5.23. The van der Waals surface area contributed by atoms with Gasteiger partial charge in [-0.2, -0.15) is 0 Å². The molecule has 0 aliphatic carbocycles. The number of rotatable bonds is 2. The predicted molar refractivity (Wildman–Crippen MR) is 85.5 cm³/mol. The van der Waals surface area contributed by atoms with Crippen LogP contribution in [0.2, 0.25) is 0 Å². The Kier molecular flexibility index (Phi) is 3.68. The lowest BCUT2D eigenvalue weighted by Crippen LogP contribution is -2.37. The van der Waals surface area contributed by atoms with E-state index in [1.54, 1.807) is 12.4 Å². The minimum atomic E-state index is -0.809. The smallest absolute Gasteiger partial charge is 0.263 e. The van der Waals surface area contributed by atoms with Crippen molar-refractivity contribution >= 4 is 23.2 Å². The summed E-state index contributed by atoms with van der Waals surface area (Å²) in [6.45, 7) is 1.76. The van der Waals surface area contributed by atoms with Gasteiger partial charge in [0.25, 0.3) is 5.91 Å². The number of hydrogen-bond donors (Lipinski definition) is 1. The lowest BCUT2D eigenvalue weighted by molar-refractivity contribution is 0.0950. The van der Waals surface area contributed by atoms with Gasteiger partial charge in [0.15, 0.2) is 0 Å². The minimum absolute atomic E-state index is 0.0603. The van der Waals surface area contributed by atoms with Crippen LogP contribution < -0.4 is 10.2 Å². The Morgan fingerprint density at radius 3 is 2.91 bits per heavy atom. The van der Waals surface area contributed by atoms with Gasteiger partial charge in [0, 0.05) is 37.5 Å². The summed E-state index contributed by atoms with van der Waals surface area (Å²) < 4.78 is 13.5. The lowest BCUT2D eigenvalue weighted by Gasteiger charge is -2.28. The molecule has 1 atom stereocenters. The summed E-state index contributed by atoms with van der Waals surface area (Å²) in [5.74, 6) is 0.491. The number of nitrogens with one attached hydrogen (secondary N) is 1. The molecule has 1 saturated heterocycles. The molecule has 23 heavy (non-hydrogen) atoms. The largest absolute Gasteiger partial charge is 0.351 e. The zero-order valence-electron chi connectivity index (χ0n) is 12.5. The zero-order chi connectivity index (χ0) is 15.8. The minimum Gasteiger partial charge on any atom is -0.351 e. The molecule has 6 nitrogen and oxygen atoms in total. The number of halogens is 1. The van der Waals surface area contributed by atoms with Crippen LogP contribution in [0.15, 0.2) is 12.4 Å². The fraction of sp³-hybridized carbons (Fsp3) is 0.467. The van der Waals surface area contributed by atoms with Crippen molar-refractivity contribution in [1.29, 1.82) is 0 Å². The number of hydrogen-bond acceptors (Lipinski definition) is 6. The Bertz CT molecular complexity index is 732. The van der Waals surface area contributed by atoms with Crippen LogP contribution in [0.25, 0.3) is 10.6 Å². The van der Waals surface area contributed by atoms with E-state index >= 15 is 0 Å². The highest BCUT2D eigenvalue weighted by Crippen LogP contribution is 2.29. The maximum absolute atomic E-state index is 13.5. The lowest BCUT2D eigenvalue weighted by atomic mass is 10.1. The van der Waals surface area contributed by atoms with Gasteiger partial charge in [-0.25, -0.2) is 19.3 Å². The SMILES string of the molecule is O=C1NCCc2nc(-c3cnc(N4CCC[C@@H](F)C4)nc3)sc21. The molecule has 0 spiro atoms. The molecule has 4 heterocycles. The number of aromatic nitrogens is 3. The van der Waals surface area contributed by atoms with Crippen molar-refractivity contribution in [2.24, 2.45) is 0 Å². The van der Waals surface area contributed by atoms with Crippen LogP contribution in [0.1, 0.15) is 28.2 Å². The van der Waals surface area contributed by atoms with E-state index in [0.717, 1.165) is 35.7 Å². The molecule has 0 radical (unpaired) electrons. The van der Waals surface area contributed by atoms with Crippen LogP contribution in [0.4, 0.5) is 10.3 Å². The van der Waals surface area contributed by atoms with E-state index in [9.17, 15) is 9.18 Å². The number of carbonyl (C=O) groups is 1. The summed E-state index contributed by atoms with van der Waals surface area (Å²) >= 11 is 1.36. The fourth-order valence-corrected chi connectivity index (χ4v) is 3.90. The van der Waals surface area contributed by atoms with Gasteiger partial charge in [-0.1, -0.05) is 0 Å². The van der Waals surface area contributed by atoms with Crippen LogP contribution in [-0.2, 0) is 6.42 Å². The summed E-state index contributed by atoms with van der Waals surface area (Å²) in [5.41, 5.74) is 1.63. The first kappa shape index (κ1) is 14.5. The van der Waals surface area contributed by atoms with E-state index in [1.807, 2.05) is 4.90 Å². The van der Waals surface area contributed by atoms with Crippen molar-refractivity contribution in [1.82, 2.24) is 20.3 Å². The van der Waals surface area contributed by atoms with Gasteiger partial charge in [-0.15, -0.1) is 11.3 Å². The molecule has 2 aliphatic rings. The summed E-state index contributed by atoms with van der Waals surface area (Å²) in [6, 6.07) is 0. The number of anilines is 1. The topological polar surface area (TPSA) is 71.0 Å². The van der Waals surface area contributed by atoms with E-state index in [0.29, 0.717) is 30.3 Å². The van der Waals surface area contributed by atoms with Gasteiger partial charge in [0.05, 0.1) is 12.2 Å². The van der Waals surface area contributed by atoms with Crippen molar-refractivity contribution in [3.8, 4) is 10.6 Å². The van der Waals surface area contributed by atoms with Crippen LogP contribution in [0.5, 0.6) is 0 Å².